The highest BCUT2D eigenvalue weighted by Gasteiger charge is 2.59. The molecule has 2 aliphatic heterocycles. The smallest absolute Gasteiger partial charge is 0.395 e. The molecule has 3 aliphatic rings. The average Bonchev–Trinajstić information content (AvgIpc) is 3.31. The first kappa shape index (κ1) is 28.4. The first-order valence-corrected chi connectivity index (χ1v) is 13.8. The molecule has 3 heterocycles. The summed E-state index contributed by atoms with van der Waals surface area (Å²) in [6.07, 6.45) is 0.512. The number of aromatic nitrogens is 1. The molecule has 1 aromatic carbocycles. The van der Waals surface area contributed by atoms with Crippen LogP contribution in [-0.4, -0.2) is 82.3 Å². The van der Waals surface area contributed by atoms with Crippen molar-refractivity contribution in [2.45, 2.75) is 69.3 Å². The van der Waals surface area contributed by atoms with Crippen molar-refractivity contribution < 1.29 is 32.6 Å². The Morgan fingerprint density at radius 2 is 1.80 bits per heavy atom. The highest BCUT2D eigenvalue weighted by molar-refractivity contribution is 5.98. The Balaban J connectivity index is 1.18. The minimum atomic E-state index is -4.18. The van der Waals surface area contributed by atoms with Crippen LogP contribution in [0.25, 0.3) is 11.1 Å². The van der Waals surface area contributed by atoms with E-state index in [4.69, 9.17) is 10.5 Å². The van der Waals surface area contributed by atoms with Gasteiger partial charge in [0.05, 0.1) is 11.5 Å². The molecule has 2 amide bonds. The number of hydrogen-bond acceptors (Lipinski definition) is 6. The predicted octanol–water partition coefficient (Wildman–Crippen LogP) is 3.78. The van der Waals surface area contributed by atoms with Gasteiger partial charge in [-0.25, -0.2) is 4.98 Å². The molecule has 0 radical (unpaired) electrons. The van der Waals surface area contributed by atoms with Gasteiger partial charge in [0, 0.05) is 48.9 Å². The minimum absolute atomic E-state index is 0.0386. The molecule has 1 unspecified atom stereocenters. The second-order valence-corrected chi connectivity index (χ2v) is 11.3. The van der Waals surface area contributed by atoms with Crippen LogP contribution in [0.15, 0.2) is 42.6 Å². The van der Waals surface area contributed by atoms with Crippen LogP contribution in [0.1, 0.15) is 55.3 Å². The molecular formula is C29H35F3N4O4. The molecule has 5 rings (SSSR count). The maximum absolute atomic E-state index is 13.7. The third-order valence-electron chi connectivity index (χ3n) is 8.66. The van der Waals surface area contributed by atoms with Crippen LogP contribution in [-0.2, 0) is 4.79 Å². The van der Waals surface area contributed by atoms with E-state index in [-0.39, 0.29) is 50.9 Å². The molecule has 1 aliphatic carbocycles. The number of piperidine rings is 1. The molecule has 11 heteroatoms. The number of likely N-dealkylation sites (tertiary alicyclic amines) is 2. The van der Waals surface area contributed by atoms with E-state index >= 15 is 0 Å². The first-order valence-electron chi connectivity index (χ1n) is 13.8. The Bertz CT molecular complexity index is 1200. The third kappa shape index (κ3) is 5.81. The van der Waals surface area contributed by atoms with E-state index in [0.29, 0.717) is 24.4 Å². The van der Waals surface area contributed by atoms with Crippen molar-refractivity contribution in [1.29, 1.82) is 0 Å². The number of benzene rings is 1. The van der Waals surface area contributed by atoms with Crippen LogP contribution in [0.5, 0.6) is 5.88 Å². The second kappa shape index (κ2) is 11.4. The van der Waals surface area contributed by atoms with E-state index in [9.17, 15) is 27.9 Å². The van der Waals surface area contributed by atoms with Gasteiger partial charge in [0.25, 0.3) is 5.91 Å². The van der Waals surface area contributed by atoms with Crippen molar-refractivity contribution in [3.05, 3.63) is 48.2 Å². The molecule has 40 heavy (non-hydrogen) atoms. The first-order chi connectivity index (χ1) is 19.1. The molecule has 1 aromatic heterocycles. The number of pyridine rings is 1. The summed E-state index contributed by atoms with van der Waals surface area (Å²) in [5.41, 5.74) is 5.81. The highest BCUT2D eigenvalue weighted by atomic mass is 19.4. The van der Waals surface area contributed by atoms with E-state index in [1.54, 1.807) is 36.5 Å². The lowest BCUT2D eigenvalue weighted by atomic mass is 9.67. The van der Waals surface area contributed by atoms with Crippen LogP contribution in [0.4, 0.5) is 13.2 Å². The monoisotopic (exact) mass is 560 g/mol. The number of nitrogens with two attached hydrogens (primary N) is 1. The molecule has 3 N–H and O–H groups in total. The van der Waals surface area contributed by atoms with Crippen molar-refractivity contribution in [2.75, 3.05) is 26.2 Å². The molecule has 3 fully saturated rings. The number of β-amino-alcohol motifs (C(OH)–C–C–N with tert-alkyl or cyclic N) is 1. The van der Waals surface area contributed by atoms with E-state index in [1.807, 2.05) is 11.0 Å². The van der Waals surface area contributed by atoms with Crippen molar-refractivity contribution in [2.24, 2.45) is 11.1 Å². The quantitative estimate of drug-likeness (QED) is 0.509. The molecule has 0 spiro atoms. The Morgan fingerprint density at radius 1 is 1.07 bits per heavy atom. The number of amides is 2. The maximum Gasteiger partial charge on any atom is 0.395 e. The standard InChI is InChI=1S/C29H35F3N4O4/c30-29(31,32)28(11-3-12-28)18-35-13-2-1-4-22(35)17-40-25-10-9-21(15-34-25)19-5-7-20(8-6-19)27(39)36-16-23(37)14-24(36)26(33)38/h5-10,15,22-24,37H,1-4,11-14,16-18H2,(H2,33,38)/t22?,23-,24+/m1/s1. The normalized spacial score (nSPS) is 24.9. The van der Waals surface area contributed by atoms with Gasteiger partial charge < -0.3 is 20.5 Å². The zero-order chi connectivity index (χ0) is 28.5. The molecular weight excluding hydrogens is 525 g/mol. The average molecular weight is 561 g/mol. The number of ether oxygens (including phenoxy) is 1. The van der Waals surface area contributed by atoms with Crippen molar-refractivity contribution in [1.82, 2.24) is 14.8 Å². The SMILES string of the molecule is NC(=O)[C@@H]1C[C@@H](O)CN1C(=O)c1ccc(-c2ccc(OCC3CCCCN3CC3(C(F)(F)F)CCC3)nc2)cc1. The highest BCUT2D eigenvalue weighted by Crippen LogP contribution is 2.53. The van der Waals surface area contributed by atoms with E-state index < -0.39 is 29.6 Å². The number of primary amides is 1. The number of hydrogen-bond donors (Lipinski definition) is 2. The Morgan fingerprint density at radius 3 is 2.40 bits per heavy atom. The second-order valence-electron chi connectivity index (χ2n) is 11.3. The van der Waals surface area contributed by atoms with Gasteiger partial charge in [0.2, 0.25) is 11.8 Å². The van der Waals surface area contributed by atoms with E-state index in [0.717, 1.165) is 30.4 Å². The molecule has 3 atom stereocenters. The summed E-state index contributed by atoms with van der Waals surface area (Å²) in [6.45, 7) is 1.03. The number of halogens is 3. The van der Waals surface area contributed by atoms with Crippen LogP contribution < -0.4 is 10.5 Å². The van der Waals surface area contributed by atoms with Gasteiger partial charge in [-0.15, -0.1) is 0 Å². The topological polar surface area (TPSA) is 109 Å². The van der Waals surface area contributed by atoms with Gasteiger partial charge in [-0.2, -0.15) is 13.2 Å². The Kier molecular flexibility index (Phi) is 8.05. The largest absolute Gasteiger partial charge is 0.476 e. The number of aliphatic hydroxyl groups is 1. The molecule has 216 valence electrons. The number of aliphatic hydroxyl groups excluding tert-OH is 1. The maximum atomic E-state index is 13.7. The van der Waals surface area contributed by atoms with E-state index in [2.05, 4.69) is 4.98 Å². The van der Waals surface area contributed by atoms with Gasteiger partial charge in [-0.3, -0.25) is 14.5 Å². The number of carbonyl (C=O) groups excluding carboxylic acids is 2. The molecule has 2 saturated heterocycles. The summed E-state index contributed by atoms with van der Waals surface area (Å²) < 4.78 is 47.2. The summed E-state index contributed by atoms with van der Waals surface area (Å²) in [7, 11) is 0. The van der Waals surface area contributed by atoms with Crippen LogP contribution >= 0.6 is 0 Å². The third-order valence-corrected chi connectivity index (χ3v) is 8.66. The van der Waals surface area contributed by atoms with Crippen LogP contribution in [0.2, 0.25) is 0 Å². The van der Waals surface area contributed by atoms with Gasteiger partial charge in [-0.1, -0.05) is 25.0 Å². The van der Waals surface area contributed by atoms with Crippen molar-refractivity contribution in [3.8, 4) is 17.0 Å². The number of nitrogens with zero attached hydrogens (tertiary/aromatic N) is 3. The van der Waals surface area contributed by atoms with Crippen LogP contribution in [0.3, 0.4) is 0 Å². The lowest BCUT2D eigenvalue weighted by Gasteiger charge is -2.48. The molecule has 1 saturated carbocycles. The van der Waals surface area contributed by atoms with Gasteiger partial charge in [0.15, 0.2) is 0 Å². The summed E-state index contributed by atoms with van der Waals surface area (Å²) in [6, 6.07) is 9.50. The lowest BCUT2D eigenvalue weighted by molar-refractivity contribution is -0.258. The zero-order valence-corrected chi connectivity index (χ0v) is 22.3. The lowest BCUT2D eigenvalue weighted by Crippen LogP contribution is -2.56. The van der Waals surface area contributed by atoms with Gasteiger partial charge >= 0.3 is 6.18 Å². The Labute approximate surface area is 231 Å². The number of rotatable bonds is 8. The molecule has 0 bridgehead atoms. The Hall–Kier alpha value is -3.18. The summed E-state index contributed by atoms with van der Waals surface area (Å²) >= 11 is 0. The number of carbonyl (C=O) groups is 2. The van der Waals surface area contributed by atoms with Crippen molar-refractivity contribution >= 4 is 11.8 Å². The fourth-order valence-electron chi connectivity index (χ4n) is 6.08. The summed E-state index contributed by atoms with van der Waals surface area (Å²) in [4.78, 5) is 32.2. The summed E-state index contributed by atoms with van der Waals surface area (Å²) in [5.74, 6) is -0.612. The fourth-order valence-corrected chi connectivity index (χ4v) is 6.08. The molecule has 2 aromatic rings. The van der Waals surface area contributed by atoms with Gasteiger partial charge in [0.1, 0.15) is 12.6 Å². The predicted molar refractivity (Wildman–Crippen MR) is 141 cm³/mol. The van der Waals surface area contributed by atoms with Crippen LogP contribution in [0, 0.1) is 5.41 Å². The van der Waals surface area contributed by atoms with Crippen molar-refractivity contribution in [3.63, 3.8) is 0 Å². The number of alkyl halides is 3. The molecule has 8 nitrogen and oxygen atoms in total. The fraction of sp³-hybridized carbons (Fsp3) is 0.552. The van der Waals surface area contributed by atoms with Gasteiger partial charge in [-0.05, 0) is 56.0 Å². The van der Waals surface area contributed by atoms with E-state index in [1.165, 1.54) is 4.90 Å². The zero-order valence-electron chi connectivity index (χ0n) is 22.3. The minimum Gasteiger partial charge on any atom is -0.476 e. The summed E-state index contributed by atoms with van der Waals surface area (Å²) in [5, 5.41) is 9.88.